The summed E-state index contributed by atoms with van der Waals surface area (Å²) in [6.07, 6.45) is 6.37. The van der Waals surface area contributed by atoms with Crippen LogP contribution in [-0.4, -0.2) is 22.2 Å². The van der Waals surface area contributed by atoms with Gasteiger partial charge in [0.1, 0.15) is 0 Å². The zero-order valence-corrected chi connectivity index (χ0v) is 9.57. The fourth-order valence-corrected chi connectivity index (χ4v) is 3.31. The van der Waals surface area contributed by atoms with Crippen molar-refractivity contribution in [2.45, 2.75) is 31.6 Å². The van der Waals surface area contributed by atoms with Crippen molar-refractivity contribution in [1.82, 2.24) is 15.1 Å². The van der Waals surface area contributed by atoms with Gasteiger partial charge in [-0.15, -0.1) is 0 Å². The summed E-state index contributed by atoms with van der Waals surface area (Å²) < 4.78 is 1.82. The van der Waals surface area contributed by atoms with Gasteiger partial charge in [-0.05, 0) is 18.9 Å². The second kappa shape index (κ2) is 3.34. The first-order valence-corrected chi connectivity index (χ1v) is 6.00. The molecule has 1 spiro atoms. The third-order valence-electron chi connectivity index (χ3n) is 4.17. The average Bonchev–Trinajstić information content (AvgIpc) is 2.94. The van der Waals surface area contributed by atoms with Crippen molar-refractivity contribution in [3.05, 3.63) is 18.0 Å². The largest absolute Gasteiger partial charge is 0.355 e. The van der Waals surface area contributed by atoms with Crippen molar-refractivity contribution >= 4 is 5.91 Å². The Hall–Kier alpha value is -1.32. The van der Waals surface area contributed by atoms with E-state index in [4.69, 9.17) is 0 Å². The predicted octanol–water partition coefficient (Wildman–Crippen LogP) is 1.19. The van der Waals surface area contributed by atoms with Gasteiger partial charge in [0.05, 0.1) is 11.1 Å². The number of rotatable bonds is 1. The minimum Gasteiger partial charge on any atom is -0.355 e. The Kier molecular flexibility index (Phi) is 2.06. The van der Waals surface area contributed by atoms with E-state index < -0.39 is 0 Å². The highest BCUT2D eigenvalue weighted by Gasteiger charge is 2.52. The van der Waals surface area contributed by atoms with E-state index in [0.29, 0.717) is 0 Å². The fraction of sp³-hybridized carbons (Fsp3) is 0.667. The molecule has 1 saturated heterocycles. The summed E-state index contributed by atoms with van der Waals surface area (Å²) in [6, 6.07) is 2.05. The number of aryl methyl sites for hydroxylation is 1. The molecule has 4 heteroatoms. The van der Waals surface area contributed by atoms with Crippen molar-refractivity contribution in [3.63, 3.8) is 0 Å². The first-order chi connectivity index (χ1) is 7.72. The Balaban J connectivity index is 1.98. The standard InChI is InChI=1S/C12H17N3O/c1-15-7-4-10(14-15)9-8-13-11(16)12(9)5-2-3-6-12/h4,7,9H,2-3,5-6,8H2,1H3,(H,13,16)/t9-/m0/s1. The number of aromatic nitrogens is 2. The maximum Gasteiger partial charge on any atom is 0.226 e. The molecule has 4 nitrogen and oxygen atoms in total. The molecule has 2 heterocycles. The van der Waals surface area contributed by atoms with Gasteiger partial charge in [-0.2, -0.15) is 5.10 Å². The van der Waals surface area contributed by atoms with Crippen LogP contribution in [0.5, 0.6) is 0 Å². The number of nitrogens with one attached hydrogen (secondary N) is 1. The van der Waals surface area contributed by atoms with Gasteiger partial charge in [0.15, 0.2) is 0 Å². The summed E-state index contributed by atoms with van der Waals surface area (Å²) in [5.74, 6) is 0.532. The van der Waals surface area contributed by atoms with Crippen LogP contribution in [0.3, 0.4) is 0 Å². The molecule has 1 aliphatic carbocycles. The van der Waals surface area contributed by atoms with Crippen LogP contribution in [0.15, 0.2) is 12.3 Å². The maximum absolute atomic E-state index is 12.0. The molecular formula is C12H17N3O. The molecule has 16 heavy (non-hydrogen) atoms. The fourth-order valence-electron chi connectivity index (χ4n) is 3.31. The summed E-state index contributed by atoms with van der Waals surface area (Å²) in [5.41, 5.74) is 0.928. The van der Waals surface area contributed by atoms with E-state index in [9.17, 15) is 4.79 Å². The highest BCUT2D eigenvalue weighted by Crippen LogP contribution is 2.51. The molecule has 1 N–H and O–H groups in total. The Morgan fingerprint density at radius 1 is 1.50 bits per heavy atom. The van der Waals surface area contributed by atoms with Crippen LogP contribution in [0, 0.1) is 5.41 Å². The summed E-state index contributed by atoms with van der Waals surface area (Å²) in [6.45, 7) is 0.760. The molecule has 0 aromatic carbocycles. The molecule has 2 fully saturated rings. The van der Waals surface area contributed by atoms with Gasteiger partial charge in [0.2, 0.25) is 5.91 Å². The molecule has 1 aromatic rings. The normalized spacial score (nSPS) is 27.6. The van der Waals surface area contributed by atoms with Crippen LogP contribution in [0.25, 0.3) is 0 Å². The first-order valence-electron chi connectivity index (χ1n) is 6.00. The van der Waals surface area contributed by atoms with Gasteiger partial charge in [-0.1, -0.05) is 12.8 Å². The van der Waals surface area contributed by atoms with Crippen molar-refractivity contribution in [3.8, 4) is 0 Å². The van der Waals surface area contributed by atoms with E-state index in [1.807, 2.05) is 24.0 Å². The van der Waals surface area contributed by atoms with E-state index in [1.165, 1.54) is 12.8 Å². The van der Waals surface area contributed by atoms with Crippen LogP contribution in [0.2, 0.25) is 0 Å². The zero-order valence-electron chi connectivity index (χ0n) is 9.57. The Labute approximate surface area is 95.0 Å². The lowest BCUT2D eigenvalue weighted by Crippen LogP contribution is -2.31. The van der Waals surface area contributed by atoms with Gasteiger partial charge in [0, 0.05) is 25.7 Å². The summed E-state index contributed by atoms with van der Waals surface area (Å²) >= 11 is 0. The van der Waals surface area contributed by atoms with Crippen molar-refractivity contribution in [2.75, 3.05) is 6.54 Å². The van der Waals surface area contributed by atoms with Gasteiger partial charge in [-0.25, -0.2) is 0 Å². The molecule has 1 aromatic heterocycles. The number of hydrogen-bond donors (Lipinski definition) is 1. The maximum atomic E-state index is 12.0. The second-order valence-corrected chi connectivity index (χ2v) is 5.04. The lowest BCUT2D eigenvalue weighted by Gasteiger charge is -2.26. The molecule has 86 valence electrons. The number of carbonyl (C=O) groups is 1. The predicted molar refractivity (Wildman–Crippen MR) is 59.9 cm³/mol. The van der Waals surface area contributed by atoms with E-state index in [1.54, 1.807) is 0 Å². The number of amides is 1. The molecule has 1 saturated carbocycles. The van der Waals surface area contributed by atoms with Crippen LogP contribution in [-0.2, 0) is 11.8 Å². The van der Waals surface area contributed by atoms with E-state index in [2.05, 4.69) is 10.4 Å². The number of carbonyl (C=O) groups excluding carboxylic acids is 1. The summed E-state index contributed by atoms with van der Waals surface area (Å²) in [5, 5.41) is 7.49. The van der Waals surface area contributed by atoms with Crippen LogP contribution in [0.4, 0.5) is 0 Å². The molecule has 0 bridgehead atoms. The minimum atomic E-state index is -0.144. The zero-order chi connectivity index (χ0) is 11.2. The lowest BCUT2D eigenvalue weighted by atomic mass is 9.74. The molecular weight excluding hydrogens is 202 g/mol. The summed E-state index contributed by atoms with van der Waals surface area (Å²) in [4.78, 5) is 12.0. The van der Waals surface area contributed by atoms with Crippen LogP contribution in [0.1, 0.15) is 37.3 Å². The van der Waals surface area contributed by atoms with E-state index in [0.717, 1.165) is 25.1 Å². The topological polar surface area (TPSA) is 46.9 Å². The Morgan fingerprint density at radius 2 is 2.25 bits per heavy atom. The van der Waals surface area contributed by atoms with Gasteiger partial charge < -0.3 is 5.32 Å². The Bertz CT molecular complexity index is 418. The third-order valence-corrected chi connectivity index (χ3v) is 4.17. The summed E-state index contributed by atoms with van der Waals surface area (Å²) in [7, 11) is 1.93. The first kappa shape index (κ1) is 9.87. The Morgan fingerprint density at radius 3 is 2.88 bits per heavy atom. The van der Waals surface area contributed by atoms with Gasteiger partial charge in [0.25, 0.3) is 0 Å². The van der Waals surface area contributed by atoms with Gasteiger partial charge >= 0.3 is 0 Å². The third kappa shape index (κ3) is 1.22. The molecule has 0 radical (unpaired) electrons. The average molecular weight is 219 g/mol. The quantitative estimate of drug-likeness (QED) is 0.771. The highest BCUT2D eigenvalue weighted by molar-refractivity contribution is 5.86. The monoisotopic (exact) mass is 219 g/mol. The highest BCUT2D eigenvalue weighted by atomic mass is 16.2. The van der Waals surface area contributed by atoms with E-state index in [-0.39, 0.29) is 17.2 Å². The lowest BCUT2D eigenvalue weighted by molar-refractivity contribution is -0.127. The SMILES string of the molecule is Cn1ccc([C@@H]2CNC(=O)C23CCCC3)n1. The second-order valence-electron chi connectivity index (χ2n) is 5.04. The minimum absolute atomic E-state index is 0.144. The van der Waals surface area contributed by atoms with Crippen molar-refractivity contribution in [1.29, 1.82) is 0 Å². The molecule has 2 aliphatic rings. The number of nitrogens with zero attached hydrogens (tertiary/aromatic N) is 2. The molecule has 1 atom stereocenters. The smallest absolute Gasteiger partial charge is 0.226 e. The molecule has 1 amide bonds. The van der Waals surface area contributed by atoms with Crippen molar-refractivity contribution in [2.24, 2.45) is 12.5 Å². The molecule has 1 aliphatic heterocycles. The van der Waals surface area contributed by atoms with Gasteiger partial charge in [-0.3, -0.25) is 9.48 Å². The van der Waals surface area contributed by atoms with Crippen LogP contribution < -0.4 is 5.32 Å². The number of hydrogen-bond acceptors (Lipinski definition) is 2. The van der Waals surface area contributed by atoms with Crippen LogP contribution >= 0.6 is 0 Å². The molecule has 3 rings (SSSR count). The molecule has 0 unspecified atom stereocenters. The van der Waals surface area contributed by atoms with Crippen molar-refractivity contribution < 1.29 is 4.79 Å². The van der Waals surface area contributed by atoms with E-state index >= 15 is 0 Å².